The van der Waals surface area contributed by atoms with E-state index in [0.29, 0.717) is 18.4 Å². The van der Waals surface area contributed by atoms with Gasteiger partial charge in [0.15, 0.2) is 0 Å². The summed E-state index contributed by atoms with van der Waals surface area (Å²) in [7, 11) is 0. The lowest BCUT2D eigenvalue weighted by molar-refractivity contribution is 0.0880. The summed E-state index contributed by atoms with van der Waals surface area (Å²) in [5.74, 6) is -0.431. The molecule has 2 aromatic carbocycles. The molecule has 1 saturated carbocycles. The van der Waals surface area contributed by atoms with Crippen LogP contribution in [0.15, 0.2) is 71.7 Å². The van der Waals surface area contributed by atoms with Gasteiger partial charge in [0.1, 0.15) is 0 Å². The van der Waals surface area contributed by atoms with E-state index in [-0.39, 0.29) is 24.1 Å². The van der Waals surface area contributed by atoms with Crippen LogP contribution in [0.2, 0.25) is 0 Å². The average molecular weight is 431 g/mol. The van der Waals surface area contributed by atoms with E-state index >= 15 is 0 Å². The topological polar surface area (TPSA) is 38.1 Å². The molecule has 1 unspecified atom stereocenters. The molecule has 0 radical (unpaired) electrons. The number of alkyl halides is 2. The van der Waals surface area contributed by atoms with Crippen LogP contribution in [0, 0.1) is 5.92 Å². The Morgan fingerprint density at radius 3 is 2.66 bits per heavy atom. The fourth-order valence-corrected chi connectivity index (χ4v) is 5.12. The third-order valence-corrected chi connectivity index (χ3v) is 6.97. The van der Waals surface area contributed by atoms with Crippen molar-refractivity contribution in [3.63, 3.8) is 0 Å². The molecule has 2 aromatic heterocycles. The molecule has 1 aliphatic carbocycles. The molecule has 0 N–H and O–H groups in total. The van der Waals surface area contributed by atoms with Gasteiger partial charge in [0.2, 0.25) is 6.43 Å². The van der Waals surface area contributed by atoms with Crippen molar-refractivity contribution in [2.45, 2.75) is 31.2 Å². The van der Waals surface area contributed by atoms with Gasteiger partial charge in [-0.3, -0.25) is 9.78 Å². The zero-order valence-corrected chi connectivity index (χ0v) is 17.5. The summed E-state index contributed by atoms with van der Waals surface area (Å²) in [6.45, 7) is 0.841. The van der Waals surface area contributed by atoms with Crippen LogP contribution in [0.3, 0.4) is 0 Å². The standard InChI is InChI=1S/C26H23F2N3O/c27-25(28)18-10-12-30(15-18)22-7-3-5-17-11-13-31(26(32)24(17)22)23-14-19(23)21-9-8-16-4-1-2-6-20(16)29-21/h1-9,11,13,18-19,23,25H,10,12,14-15H2/t18?,19-,23-/m1/s1. The number of para-hydroxylation sites is 1. The molecular weight excluding hydrogens is 408 g/mol. The molecule has 0 amide bonds. The number of aromatic nitrogens is 2. The number of anilines is 1. The van der Waals surface area contributed by atoms with Crippen molar-refractivity contribution in [1.82, 2.24) is 9.55 Å². The predicted octanol–water partition coefficient (Wildman–Crippen LogP) is 5.37. The van der Waals surface area contributed by atoms with Crippen molar-refractivity contribution in [3.05, 3.63) is 82.9 Å². The van der Waals surface area contributed by atoms with E-state index in [9.17, 15) is 13.6 Å². The van der Waals surface area contributed by atoms with Gasteiger partial charge in [0, 0.05) is 48.2 Å². The fourth-order valence-electron chi connectivity index (χ4n) is 5.12. The van der Waals surface area contributed by atoms with E-state index in [0.717, 1.165) is 34.1 Å². The van der Waals surface area contributed by atoms with E-state index in [2.05, 4.69) is 12.1 Å². The minimum absolute atomic E-state index is 0.0492. The molecule has 1 aliphatic heterocycles. The maximum absolute atomic E-state index is 13.6. The second kappa shape index (κ2) is 7.40. The number of halogens is 2. The first-order valence-electron chi connectivity index (χ1n) is 11.1. The van der Waals surface area contributed by atoms with Crippen molar-refractivity contribution < 1.29 is 8.78 Å². The SMILES string of the molecule is O=c1c2c(N3CCC(C(F)F)C3)cccc2ccn1[C@@H]1C[C@@H]1c1ccc2ccccc2n1. The van der Waals surface area contributed by atoms with Crippen LogP contribution in [0.4, 0.5) is 14.5 Å². The summed E-state index contributed by atoms with van der Waals surface area (Å²) in [6, 6.07) is 19.9. The number of pyridine rings is 2. The average Bonchev–Trinajstić information content (AvgIpc) is 3.44. The molecule has 4 nitrogen and oxygen atoms in total. The Labute approximate surface area is 184 Å². The summed E-state index contributed by atoms with van der Waals surface area (Å²) in [6.07, 6.45) is 0.864. The van der Waals surface area contributed by atoms with E-state index in [1.165, 1.54) is 0 Å². The van der Waals surface area contributed by atoms with E-state index in [4.69, 9.17) is 4.98 Å². The van der Waals surface area contributed by atoms with Gasteiger partial charge in [-0.15, -0.1) is 0 Å². The van der Waals surface area contributed by atoms with Crippen LogP contribution in [0.1, 0.15) is 30.5 Å². The highest BCUT2D eigenvalue weighted by atomic mass is 19.3. The number of nitrogens with zero attached hydrogens (tertiary/aromatic N) is 3. The summed E-state index contributed by atoms with van der Waals surface area (Å²) in [4.78, 5) is 20.3. The molecule has 2 aliphatic rings. The summed E-state index contributed by atoms with van der Waals surface area (Å²) >= 11 is 0. The number of benzene rings is 2. The van der Waals surface area contributed by atoms with Crippen LogP contribution in [-0.4, -0.2) is 29.1 Å². The van der Waals surface area contributed by atoms with Crippen LogP contribution in [0.25, 0.3) is 21.7 Å². The predicted molar refractivity (Wildman–Crippen MR) is 123 cm³/mol. The van der Waals surface area contributed by atoms with Crippen LogP contribution < -0.4 is 10.5 Å². The summed E-state index contributed by atoms with van der Waals surface area (Å²) in [5.41, 5.74) is 2.69. The van der Waals surface area contributed by atoms with Crippen LogP contribution >= 0.6 is 0 Å². The maximum atomic E-state index is 13.6. The van der Waals surface area contributed by atoms with Crippen molar-refractivity contribution in [1.29, 1.82) is 0 Å². The molecule has 2 fully saturated rings. The summed E-state index contributed by atoms with van der Waals surface area (Å²) < 4.78 is 28.2. The highest BCUT2D eigenvalue weighted by molar-refractivity contribution is 5.93. The molecule has 3 heterocycles. The third kappa shape index (κ3) is 3.17. The van der Waals surface area contributed by atoms with Gasteiger partial charge >= 0.3 is 0 Å². The number of fused-ring (bicyclic) bond motifs is 2. The van der Waals surface area contributed by atoms with Gasteiger partial charge in [0.25, 0.3) is 5.56 Å². The minimum Gasteiger partial charge on any atom is -0.370 e. The number of hydrogen-bond acceptors (Lipinski definition) is 3. The first-order valence-corrected chi connectivity index (χ1v) is 11.1. The van der Waals surface area contributed by atoms with Crippen molar-refractivity contribution in [3.8, 4) is 0 Å². The van der Waals surface area contributed by atoms with Crippen molar-refractivity contribution in [2.75, 3.05) is 18.0 Å². The molecule has 3 atom stereocenters. The van der Waals surface area contributed by atoms with Crippen LogP contribution in [-0.2, 0) is 0 Å². The molecule has 6 heteroatoms. The molecule has 0 spiro atoms. The lowest BCUT2D eigenvalue weighted by Gasteiger charge is -2.21. The monoisotopic (exact) mass is 431 g/mol. The van der Waals surface area contributed by atoms with Gasteiger partial charge in [-0.1, -0.05) is 36.4 Å². The molecule has 0 bridgehead atoms. The van der Waals surface area contributed by atoms with Crippen LogP contribution in [0.5, 0.6) is 0 Å². The molecule has 6 rings (SSSR count). The Hall–Kier alpha value is -3.28. The quantitative estimate of drug-likeness (QED) is 0.436. The van der Waals surface area contributed by atoms with Crippen molar-refractivity contribution in [2.24, 2.45) is 5.92 Å². The maximum Gasteiger partial charge on any atom is 0.260 e. The second-order valence-electron chi connectivity index (χ2n) is 8.94. The van der Waals surface area contributed by atoms with E-state index < -0.39 is 12.3 Å². The normalized spacial score (nSPS) is 22.8. The molecule has 162 valence electrons. The fraction of sp³-hybridized carbons (Fsp3) is 0.308. The lowest BCUT2D eigenvalue weighted by Crippen LogP contribution is -2.25. The zero-order valence-electron chi connectivity index (χ0n) is 17.5. The molecule has 4 aromatic rings. The third-order valence-electron chi connectivity index (χ3n) is 6.97. The first kappa shape index (κ1) is 19.4. The van der Waals surface area contributed by atoms with Crippen molar-refractivity contribution >= 4 is 27.4 Å². The molecular formula is C26H23F2N3O. The Kier molecular flexibility index (Phi) is 4.49. The van der Waals surface area contributed by atoms with E-state index in [1.807, 2.05) is 64.2 Å². The zero-order chi connectivity index (χ0) is 21.8. The summed E-state index contributed by atoms with van der Waals surface area (Å²) in [5, 5.41) is 2.58. The van der Waals surface area contributed by atoms with Gasteiger partial charge in [-0.05, 0) is 42.5 Å². The Balaban J connectivity index is 1.35. The minimum atomic E-state index is -2.33. The smallest absolute Gasteiger partial charge is 0.260 e. The first-order chi connectivity index (χ1) is 15.6. The van der Waals surface area contributed by atoms with Gasteiger partial charge < -0.3 is 9.47 Å². The molecule has 32 heavy (non-hydrogen) atoms. The second-order valence-corrected chi connectivity index (χ2v) is 8.94. The largest absolute Gasteiger partial charge is 0.370 e. The van der Waals surface area contributed by atoms with Gasteiger partial charge in [-0.25, -0.2) is 8.78 Å². The highest BCUT2D eigenvalue weighted by Crippen LogP contribution is 2.50. The number of hydrogen-bond donors (Lipinski definition) is 0. The Morgan fingerprint density at radius 1 is 0.969 bits per heavy atom. The Bertz CT molecular complexity index is 1380. The van der Waals surface area contributed by atoms with E-state index in [1.54, 1.807) is 0 Å². The Morgan fingerprint density at radius 2 is 1.81 bits per heavy atom. The molecule has 1 saturated heterocycles. The number of rotatable bonds is 4. The lowest BCUT2D eigenvalue weighted by atomic mass is 10.1. The highest BCUT2D eigenvalue weighted by Gasteiger charge is 2.42. The van der Waals surface area contributed by atoms with Gasteiger partial charge in [0.05, 0.1) is 16.6 Å². The van der Waals surface area contributed by atoms with Gasteiger partial charge in [-0.2, -0.15) is 0 Å².